The molecule has 0 fully saturated rings. The minimum Gasteiger partial charge on any atom is -0.549 e. The number of rotatable bonds is 6. The molecular formula is C6H8NNaO7-2. The van der Waals surface area contributed by atoms with Crippen LogP contribution in [0.5, 0.6) is 0 Å². The third-order valence-electron chi connectivity index (χ3n) is 1.06. The van der Waals surface area contributed by atoms with Crippen LogP contribution in [0, 0.1) is 0 Å². The van der Waals surface area contributed by atoms with Gasteiger partial charge in [-0.1, -0.05) is 0 Å². The van der Waals surface area contributed by atoms with Crippen molar-refractivity contribution >= 4 is 17.9 Å². The molecule has 82 valence electrons. The van der Waals surface area contributed by atoms with E-state index < -0.39 is 37.5 Å². The third-order valence-corrected chi connectivity index (χ3v) is 1.06. The van der Waals surface area contributed by atoms with Crippen LogP contribution in [0.4, 0.5) is 0 Å². The quantitative estimate of drug-likeness (QED) is 0.409. The van der Waals surface area contributed by atoms with Crippen LogP contribution in [0.1, 0.15) is 0 Å². The van der Waals surface area contributed by atoms with Gasteiger partial charge in [-0.05, 0) is 0 Å². The smallest absolute Gasteiger partial charge is 0.549 e. The molecule has 0 aliphatic carbocycles. The van der Waals surface area contributed by atoms with Crippen molar-refractivity contribution in [2.45, 2.75) is 0 Å². The van der Waals surface area contributed by atoms with E-state index >= 15 is 0 Å². The fourth-order valence-electron chi connectivity index (χ4n) is 0.715. The Hall–Kier alpha value is -0.670. The number of carbonyl (C=O) groups is 3. The van der Waals surface area contributed by atoms with Crippen LogP contribution in [0.2, 0.25) is 0 Å². The Balaban J connectivity index is -0.000000720. The van der Waals surface area contributed by atoms with Crippen molar-refractivity contribution in [1.82, 2.24) is 4.90 Å². The van der Waals surface area contributed by atoms with E-state index in [0.29, 0.717) is 4.90 Å². The maximum Gasteiger partial charge on any atom is 1.00 e. The van der Waals surface area contributed by atoms with Gasteiger partial charge in [0.15, 0.2) is 0 Å². The summed E-state index contributed by atoms with van der Waals surface area (Å²) in [5, 5.41) is 30.0. The zero-order chi connectivity index (χ0) is 10.4. The Bertz CT molecular complexity index is 193. The van der Waals surface area contributed by atoms with E-state index in [9.17, 15) is 29.7 Å². The average molecular weight is 229 g/mol. The molecule has 0 saturated heterocycles. The molecule has 0 aliphatic heterocycles. The minimum atomic E-state index is -1.57. The van der Waals surface area contributed by atoms with Gasteiger partial charge in [0.2, 0.25) is 0 Å². The number of carbonyl (C=O) groups excluding carboxylic acids is 3. The molecule has 0 aromatic rings. The second kappa shape index (κ2) is 9.87. The largest absolute Gasteiger partial charge is 1.00 e. The topological polar surface area (TPSA) is 155 Å². The van der Waals surface area contributed by atoms with Crippen molar-refractivity contribution in [3.63, 3.8) is 0 Å². The van der Waals surface area contributed by atoms with Gasteiger partial charge in [-0.3, -0.25) is 4.90 Å². The van der Waals surface area contributed by atoms with E-state index in [-0.39, 0.29) is 35.0 Å². The molecule has 0 saturated carbocycles. The van der Waals surface area contributed by atoms with E-state index in [4.69, 9.17) is 0 Å². The number of carboxylic acids is 3. The van der Waals surface area contributed by atoms with Crippen molar-refractivity contribution in [1.29, 1.82) is 0 Å². The van der Waals surface area contributed by atoms with Crippen LogP contribution in [0.15, 0.2) is 0 Å². The van der Waals surface area contributed by atoms with Crippen LogP contribution in [-0.4, -0.2) is 47.9 Å². The van der Waals surface area contributed by atoms with E-state index in [1.54, 1.807) is 0 Å². The molecule has 2 N–H and O–H groups in total. The van der Waals surface area contributed by atoms with Crippen LogP contribution in [-0.2, 0) is 14.4 Å². The van der Waals surface area contributed by atoms with Crippen molar-refractivity contribution < 1.29 is 64.7 Å². The molecule has 0 atom stereocenters. The maximum atomic E-state index is 9.99. The molecule has 9 heteroatoms. The minimum absolute atomic E-state index is 0. The van der Waals surface area contributed by atoms with Crippen LogP contribution in [0.3, 0.4) is 0 Å². The summed E-state index contributed by atoms with van der Waals surface area (Å²) < 4.78 is 0. The summed E-state index contributed by atoms with van der Waals surface area (Å²) in [6.45, 7) is -2.37. The van der Waals surface area contributed by atoms with Crippen molar-refractivity contribution in [2.75, 3.05) is 19.6 Å². The van der Waals surface area contributed by atoms with Gasteiger partial charge in [-0.15, -0.1) is 0 Å². The van der Waals surface area contributed by atoms with Gasteiger partial charge >= 0.3 is 29.6 Å². The van der Waals surface area contributed by atoms with Crippen molar-refractivity contribution in [3.05, 3.63) is 0 Å². The van der Waals surface area contributed by atoms with Crippen LogP contribution >= 0.6 is 0 Å². The SMILES string of the molecule is O.O=C([O-])CN(CC(=O)[O-])CC(=O)[O-].[Na+]. The number of hydrogen-bond donors (Lipinski definition) is 0. The molecule has 0 unspecified atom stereocenters. The van der Waals surface area contributed by atoms with E-state index in [0.717, 1.165) is 0 Å². The number of aliphatic carboxylic acids is 3. The first-order valence-corrected chi connectivity index (χ1v) is 3.23. The van der Waals surface area contributed by atoms with E-state index in [1.807, 2.05) is 0 Å². The van der Waals surface area contributed by atoms with Gasteiger partial charge in [0.1, 0.15) is 0 Å². The van der Waals surface area contributed by atoms with Crippen LogP contribution in [0.25, 0.3) is 0 Å². The summed E-state index contributed by atoms with van der Waals surface area (Å²) in [6.07, 6.45) is 0. The number of hydrogen-bond acceptors (Lipinski definition) is 7. The van der Waals surface area contributed by atoms with Gasteiger partial charge in [-0.25, -0.2) is 0 Å². The predicted octanol–water partition coefficient (Wildman–Crippen LogP) is -9.28. The first-order valence-electron chi connectivity index (χ1n) is 3.23. The molecule has 0 spiro atoms. The molecule has 0 heterocycles. The zero-order valence-corrected chi connectivity index (χ0v) is 10.0. The molecule has 15 heavy (non-hydrogen) atoms. The summed E-state index contributed by atoms with van der Waals surface area (Å²) in [7, 11) is 0. The summed E-state index contributed by atoms with van der Waals surface area (Å²) in [6, 6.07) is 0. The fourth-order valence-corrected chi connectivity index (χ4v) is 0.715. The summed E-state index contributed by atoms with van der Waals surface area (Å²) >= 11 is 0. The molecule has 0 aromatic heterocycles. The maximum absolute atomic E-state index is 9.99. The molecule has 0 radical (unpaired) electrons. The molecule has 8 nitrogen and oxygen atoms in total. The van der Waals surface area contributed by atoms with Gasteiger partial charge < -0.3 is 35.2 Å². The molecule has 0 bridgehead atoms. The molecule has 0 amide bonds. The fraction of sp³-hybridized carbons (Fsp3) is 0.500. The third kappa shape index (κ3) is 13.3. The van der Waals surface area contributed by atoms with Gasteiger partial charge in [0.05, 0.1) is 17.9 Å². The average Bonchev–Trinajstić information content (AvgIpc) is 1.80. The number of nitrogens with zero attached hydrogens (tertiary/aromatic N) is 1. The Kier molecular flexibility index (Phi) is 13.1. The van der Waals surface area contributed by atoms with Gasteiger partial charge in [0, 0.05) is 19.6 Å². The Morgan fingerprint density at radius 2 is 1.00 bits per heavy atom. The van der Waals surface area contributed by atoms with Gasteiger partial charge in [0.25, 0.3) is 0 Å². The summed E-state index contributed by atoms with van der Waals surface area (Å²) in [5.74, 6) is -4.70. The second-order valence-corrected chi connectivity index (χ2v) is 2.26. The van der Waals surface area contributed by atoms with Gasteiger partial charge in [-0.2, -0.15) is 0 Å². The second-order valence-electron chi connectivity index (χ2n) is 2.26. The molecule has 0 aromatic carbocycles. The Labute approximate surface area is 107 Å². The van der Waals surface area contributed by atoms with Crippen molar-refractivity contribution in [3.8, 4) is 0 Å². The van der Waals surface area contributed by atoms with Crippen LogP contribution < -0.4 is 44.9 Å². The predicted molar refractivity (Wildman–Crippen MR) is 35.1 cm³/mol. The summed E-state index contributed by atoms with van der Waals surface area (Å²) in [4.78, 5) is 30.6. The Morgan fingerprint density at radius 3 is 1.13 bits per heavy atom. The first kappa shape index (κ1) is 19.8. The monoisotopic (exact) mass is 229 g/mol. The Morgan fingerprint density at radius 1 is 0.800 bits per heavy atom. The summed E-state index contributed by atoms with van der Waals surface area (Å²) in [5.41, 5.74) is 0. The number of carboxylic acid groups (broad SMARTS) is 3. The molecule has 0 aliphatic rings. The normalized spacial score (nSPS) is 8.60. The standard InChI is InChI=1S/C6H9NO6.Na.H2O/c8-4(9)1-7(2-5(10)11)3-6(12)13;;/h1-3H2,(H,8,9)(H,10,11)(H,12,13);;1H2/q;+1;/p-3. The van der Waals surface area contributed by atoms with Crippen molar-refractivity contribution in [2.24, 2.45) is 0 Å². The van der Waals surface area contributed by atoms with E-state index in [1.165, 1.54) is 0 Å². The molecular weight excluding hydrogens is 221 g/mol. The zero-order valence-electron chi connectivity index (χ0n) is 8.02. The van der Waals surface area contributed by atoms with E-state index in [2.05, 4.69) is 0 Å². The molecule has 0 rings (SSSR count). The first-order chi connectivity index (χ1) is 5.91.